The Kier molecular flexibility index (Phi) is 6.65. The summed E-state index contributed by atoms with van der Waals surface area (Å²) in [5.41, 5.74) is 1.82. The van der Waals surface area contributed by atoms with Crippen molar-refractivity contribution < 1.29 is 17.6 Å². The molecule has 8 nitrogen and oxygen atoms in total. The van der Waals surface area contributed by atoms with Gasteiger partial charge in [0.05, 0.1) is 10.7 Å². The molecule has 0 spiro atoms. The maximum absolute atomic E-state index is 12.7. The van der Waals surface area contributed by atoms with Crippen molar-refractivity contribution in [3.8, 4) is 5.75 Å². The monoisotopic (exact) mass is 479 g/mol. The van der Waals surface area contributed by atoms with Gasteiger partial charge in [0.2, 0.25) is 0 Å². The lowest BCUT2D eigenvalue weighted by atomic mass is 9.99. The number of nitrogens with two attached hydrogens (primary N) is 1. The van der Waals surface area contributed by atoms with Crippen molar-refractivity contribution in [1.29, 1.82) is 0 Å². The number of thiocarbonyl (C=S) groups is 1. The Morgan fingerprint density at radius 3 is 2.77 bits per heavy atom. The van der Waals surface area contributed by atoms with Crippen molar-refractivity contribution in [3.63, 3.8) is 0 Å². The van der Waals surface area contributed by atoms with Crippen LogP contribution in [0.25, 0.3) is 11.0 Å². The highest BCUT2D eigenvalue weighted by Gasteiger charge is 2.16. The van der Waals surface area contributed by atoms with Gasteiger partial charge in [-0.3, -0.25) is 4.72 Å². The Morgan fingerprint density at radius 1 is 1.35 bits per heavy atom. The number of benzene rings is 2. The maximum atomic E-state index is 12.7. The highest BCUT2D eigenvalue weighted by molar-refractivity contribution is 7.90. The Morgan fingerprint density at radius 2 is 2.10 bits per heavy atom. The van der Waals surface area contributed by atoms with Gasteiger partial charge in [-0.2, -0.15) is 8.42 Å². The van der Waals surface area contributed by atoms with Crippen LogP contribution in [0.1, 0.15) is 16.7 Å². The summed E-state index contributed by atoms with van der Waals surface area (Å²) in [7, 11) is -3.91. The molecular formula is C20H18ClN3O5S2. The molecule has 0 radical (unpaired) electrons. The van der Waals surface area contributed by atoms with Gasteiger partial charge in [-0.1, -0.05) is 30.3 Å². The van der Waals surface area contributed by atoms with Gasteiger partial charge in [0.1, 0.15) is 5.58 Å². The number of rotatable bonds is 6. The van der Waals surface area contributed by atoms with E-state index in [0.29, 0.717) is 22.1 Å². The Balaban J connectivity index is 1.99. The molecule has 0 saturated carbocycles. The molecule has 0 bridgehead atoms. The summed E-state index contributed by atoms with van der Waals surface area (Å²) in [6.07, 6.45) is 1.58. The van der Waals surface area contributed by atoms with E-state index in [1.807, 2.05) is 0 Å². The summed E-state index contributed by atoms with van der Waals surface area (Å²) >= 11 is 11.3. The highest BCUT2D eigenvalue weighted by atomic mass is 35.5. The smallest absolute Gasteiger partial charge is 0.340 e. The second-order valence-electron chi connectivity index (χ2n) is 6.53. The zero-order valence-corrected chi connectivity index (χ0v) is 18.7. The van der Waals surface area contributed by atoms with Crippen molar-refractivity contribution >= 4 is 55.9 Å². The minimum Gasteiger partial charge on any atom is -0.430 e. The van der Waals surface area contributed by atoms with Gasteiger partial charge in [0.15, 0.2) is 5.75 Å². The number of aryl methyl sites for hydroxylation is 1. The number of halogens is 1. The van der Waals surface area contributed by atoms with Crippen molar-refractivity contribution in [2.24, 2.45) is 5.14 Å². The molecule has 0 aliphatic heterocycles. The molecule has 4 N–H and O–H groups in total. The molecule has 1 heterocycles. The first kappa shape index (κ1) is 22.8. The SMILES string of the molecule is C=CNC(=S)Oc1cc2oc(=O)c(Cc3cccc(NS(N)(=O)=O)c3)c(C)c2cc1Cl. The third kappa shape index (κ3) is 5.61. The van der Waals surface area contributed by atoms with Crippen LogP contribution in [0.15, 0.2) is 58.4 Å². The third-order valence-electron chi connectivity index (χ3n) is 4.33. The van der Waals surface area contributed by atoms with Crippen LogP contribution in [0.3, 0.4) is 0 Å². The van der Waals surface area contributed by atoms with E-state index in [1.54, 1.807) is 37.3 Å². The van der Waals surface area contributed by atoms with E-state index in [1.165, 1.54) is 12.3 Å². The second-order valence-corrected chi connectivity index (χ2v) is 8.61. The number of fused-ring (bicyclic) bond motifs is 1. The predicted molar refractivity (Wildman–Crippen MR) is 125 cm³/mol. The van der Waals surface area contributed by atoms with Gasteiger partial charge in [-0.15, -0.1) is 0 Å². The fraction of sp³-hybridized carbons (Fsp3) is 0.100. The fourth-order valence-corrected chi connectivity index (χ4v) is 3.83. The molecule has 1 aromatic heterocycles. The van der Waals surface area contributed by atoms with E-state index < -0.39 is 15.8 Å². The average molecular weight is 480 g/mol. The Labute approximate surface area is 188 Å². The van der Waals surface area contributed by atoms with Gasteiger partial charge in [-0.25, -0.2) is 9.93 Å². The lowest BCUT2D eigenvalue weighted by molar-refractivity contribution is 0.532. The molecule has 0 saturated heterocycles. The molecule has 31 heavy (non-hydrogen) atoms. The van der Waals surface area contributed by atoms with Crippen LogP contribution in [0.2, 0.25) is 5.02 Å². The molecule has 2 aromatic carbocycles. The van der Waals surface area contributed by atoms with Gasteiger partial charge in [0, 0.05) is 23.4 Å². The van der Waals surface area contributed by atoms with Crippen LogP contribution < -0.4 is 25.5 Å². The maximum Gasteiger partial charge on any atom is 0.340 e. The average Bonchev–Trinajstić information content (AvgIpc) is 2.66. The first-order valence-corrected chi connectivity index (χ1v) is 11.1. The molecule has 0 amide bonds. The van der Waals surface area contributed by atoms with Crippen LogP contribution in [0.5, 0.6) is 5.75 Å². The van der Waals surface area contributed by atoms with Gasteiger partial charge < -0.3 is 14.5 Å². The van der Waals surface area contributed by atoms with Crippen molar-refractivity contribution in [3.05, 3.63) is 81.3 Å². The van der Waals surface area contributed by atoms with Crippen molar-refractivity contribution in [2.45, 2.75) is 13.3 Å². The summed E-state index contributed by atoms with van der Waals surface area (Å²) in [5.74, 6) is 0.227. The number of hydrogen-bond donors (Lipinski definition) is 3. The molecular weight excluding hydrogens is 462 g/mol. The number of anilines is 1. The van der Waals surface area contributed by atoms with Gasteiger partial charge >= 0.3 is 5.63 Å². The summed E-state index contributed by atoms with van der Waals surface area (Å²) in [5, 5.41) is 8.58. The summed E-state index contributed by atoms with van der Waals surface area (Å²) in [4.78, 5) is 12.7. The molecule has 11 heteroatoms. The molecule has 162 valence electrons. The van der Waals surface area contributed by atoms with Crippen LogP contribution >= 0.6 is 23.8 Å². The summed E-state index contributed by atoms with van der Waals surface area (Å²) < 4.78 is 35.6. The third-order valence-corrected chi connectivity index (χ3v) is 5.35. The van der Waals surface area contributed by atoms with Gasteiger partial charge in [0.25, 0.3) is 15.4 Å². The quantitative estimate of drug-likeness (QED) is 0.366. The van der Waals surface area contributed by atoms with Gasteiger partial charge in [-0.05, 0) is 54.7 Å². The van der Waals surface area contributed by atoms with E-state index in [2.05, 4.69) is 16.6 Å². The van der Waals surface area contributed by atoms with E-state index in [4.69, 9.17) is 38.1 Å². The summed E-state index contributed by atoms with van der Waals surface area (Å²) in [6.45, 7) is 5.27. The fourth-order valence-electron chi connectivity index (χ4n) is 3.00. The molecule has 3 rings (SSSR count). The molecule has 0 unspecified atom stereocenters. The van der Waals surface area contributed by atoms with E-state index in [-0.39, 0.29) is 33.6 Å². The van der Waals surface area contributed by atoms with E-state index in [9.17, 15) is 13.2 Å². The van der Waals surface area contributed by atoms with Crippen LogP contribution in [-0.2, 0) is 16.6 Å². The zero-order valence-electron chi connectivity index (χ0n) is 16.3. The van der Waals surface area contributed by atoms with E-state index in [0.717, 1.165) is 0 Å². The summed E-state index contributed by atoms with van der Waals surface area (Å²) in [6, 6.07) is 9.67. The van der Waals surface area contributed by atoms with Crippen molar-refractivity contribution in [2.75, 3.05) is 4.72 Å². The lowest BCUT2D eigenvalue weighted by Crippen LogP contribution is -2.21. The lowest BCUT2D eigenvalue weighted by Gasteiger charge is -2.12. The Hall–Kier alpha value is -2.92. The molecule has 0 aliphatic carbocycles. The highest BCUT2D eigenvalue weighted by Crippen LogP contribution is 2.32. The second kappa shape index (κ2) is 9.06. The standard InChI is InChI=1S/C20H18ClN3O5S2/c1-3-23-20(30)29-18-10-17-14(9-16(18)21)11(2)15(19(25)28-17)8-12-5-4-6-13(7-12)24-31(22,26)27/h3-7,9-10,24H,1,8H2,2H3,(H,23,30)(H2,22,26,27). The number of ether oxygens (including phenoxy) is 1. The molecule has 0 fully saturated rings. The largest absolute Gasteiger partial charge is 0.430 e. The van der Waals surface area contributed by atoms with Crippen LogP contribution in [-0.4, -0.2) is 13.6 Å². The molecule has 0 atom stereocenters. The molecule has 0 aliphatic rings. The molecule has 3 aromatic rings. The van der Waals surface area contributed by atoms with Crippen LogP contribution in [0, 0.1) is 6.92 Å². The zero-order chi connectivity index (χ0) is 22.8. The number of hydrogen-bond acceptors (Lipinski definition) is 6. The minimum atomic E-state index is -3.91. The number of nitrogens with one attached hydrogen (secondary N) is 2. The Bertz CT molecular complexity index is 1350. The predicted octanol–water partition coefficient (Wildman–Crippen LogP) is 3.36. The van der Waals surface area contributed by atoms with Crippen LogP contribution in [0.4, 0.5) is 5.69 Å². The first-order valence-electron chi connectivity index (χ1n) is 8.82. The minimum absolute atomic E-state index is 0.0416. The first-order chi connectivity index (χ1) is 14.6. The van der Waals surface area contributed by atoms with E-state index >= 15 is 0 Å². The van der Waals surface area contributed by atoms with Crippen molar-refractivity contribution in [1.82, 2.24) is 5.32 Å². The normalized spacial score (nSPS) is 11.2. The topological polar surface area (TPSA) is 124 Å².